The molecule has 4 heteroatoms. The van der Waals surface area contributed by atoms with Crippen molar-refractivity contribution >= 4 is 0 Å². The average molecular weight is 244 g/mol. The summed E-state index contributed by atoms with van der Waals surface area (Å²) < 4.78 is 1.92. The minimum absolute atomic E-state index is 0.0289. The molecule has 0 radical (unpaired) electrons. The molecule has 0 aliphatic carbocycles. The fraction of sp³-hybridized carbons (Fsp3) is 0.429. The van der Waals surface area contributed by atoms with E-state index >= 15 is 0 Å². The van der Waals surface area contributed by atoms with E-state index in [1.807, 2.05) is 30.8 Å². The van der Waals surface area contributed by atoms with Crippen molar-refractivity contribution in [2.45, 2.75) is 32.7 Å². The lowest BCUT2D eigenvalue weighted by molar-refractivity contribution is 0.634. The Balaban J connectivity index is 2.18. The van der Waals surface area contributed by atoms with E-state index in [4.69, 9.17) is 5.73 Å². The van der Waals surface area contributed by atoms with Crippen LogP contribution in [0.2, 0.25) is 0 Å². The van der Waals surface area contributed by atoms with Crippen molar-refractivity contribution in [2.24, 2.45) is 12.8 Å². The first-order valence-electron chi connectivity index (χ1n) is 6.30. The summed E-state index contributed by atoms with van der Waals surface area (Å²) in [7, 11) is 1.97. The second-order valence-corrected chi connectivity index (χ2v) is 4.59. The van der Waals surface area contributed by atoms with Crippen LogP contribution in [0, 0.1) is 6.92 Å². The van der Waals surface area contributed by atoms with Crippen molar-refractivity contribution in [1.82, 2.24) is 14.8 Å². The van der Waals surface area contributed by atoms with E-state index in [-0.39, 0.29) is 6.04 Å². The summed E-state index contributed by atoms with van der Waals surface area (Å²) in [6.45, 7) is 4.10. The Morgan fingerprint density at radius 3 is 2.83 bits per heavy atom. The average Bonchev–Trinajstić information content (AvgIpc) is 2.70. The van der Waals surface area contributed by atoms with Crippen LogP contribution in [0.4, 0.5) is 0 Å². The van der Waals surface area contributed by atoms with Crippen molar-refractivity contribution in [3.8, 4) is 0 Å². The number of rotatable bonds is 4. The molecule has 96 valence electrons. The normalized spacial score (nSPS) is 12.7. The number of nitrogens with two attached hydrogens (primary N) is 1. The maximum Gasteiger partial charge on any atom is 0.0624 e. The molecule has 2 heterocycles. The fourth-order valence-electron chi connectivity index (χ4n) is 2.16. The van der Waals surface area contributed by atoms with Gasteiger partial charge in [-0.2, -0.15) is 5.10 Å². The largest absolute Gasteiger partial charge is 0.324 e. The molecule has 0 aliphatic rings. The highest BCUT2D eigenvalue weighted by atomic mass is 15.3. The van der Waals surface area contributed by atoms with E-state index in [1.54, 1.807) is 6.20 Å². The van der Waals surface area contributed by atoms with Gasteiger partial charge in [0.05, 0.1) is 5.69 Å². The smallest absolute Gasteiger partial charge is 0.0624 e. The Kier molecular flexibility index (Phi) is 3.77. The second-order valence-electron chi connectivity index (χ2n) is 4.59. The van der Waals surface area contributed by atoms with Crippen LogP contribution in [0.3, 0.4) is 0 Å². The molecule has 0 amide bonds. The lowest BCUT2D eigenvalue weighted by Gasteiger charge is -2.13. The Labute approximate surface area is 108 Å². The molecule has 0 saturated heterocycles. The third-order valence-corrected chi connectivity index (χ3v) is 3.27. The predicted octanol–water partition coefficient (Wildman–Crippen LogP) is 1.93. The standard InChI is InChI=1S/C14H20N4/c1-4-11-8-12(18(3)17-11)9-14(15)13-6-5-7-16-10(13)2/h5-8,14H,4,9,15H2,1-3H3. The van der Waals surface area contributed by atoms with E-state index in [0.717, 1.165) is 29.8 Å². The first-order valence-corrected chi connectivity index (χ1v) is 6.30. The number of pyridine rings is 1. The summed E-state index contributed by atoms with van der Waals surface area (Å²) in [4.78, 5) is 4.28. The zero-order chi connectivity index (χ0) is 13.1. The summed E-state index contributed by atoms with van der Waals surface area (Å²) in [6, 6.07) is 6.08. The first kappa shape index (κ1) is 12.8. The number of hydrogen-bond donors (Lipinski definition) is 1. The van der Waals surface area contributed by atoms with Gasteiger partial charge in [-0.05, 0) is 31.0 Å². The minimum Gasteiger partial charge on any atom is -0.324 e. The van der Waals surface area contributed by atoms with Gasteiger partial charge in [0.15, 0.2) is 0 Å². The quantitative estimate of drug-likeness (QED) is 0.894. The van der Waals surface area contributed by atoms with Crippen molar-refractivity contribution in [2.75, 3.05) is 0 Å². The maximum atomic E-state index is 6.27. The van der Waals surface area contributed by atoms with E-state index in [0.29, 0.717) is 0 Å². The molecule has 18 heavy (non-hydrogen) atoms. The van der Waals surface area contributed by atoms with Crippen molar-refractivity contribution < 1.29 is 0 Å². The van der Waals surface area contributed by atoms with Gasteiger partial charge in [0.25, 0.3) is 0 Å². The topological polar surface area (TPSA) is 56.7 Å². The number of hydrogen-bond acceptors (Lipinski definition) is 3. The summed E-state index contributed by atoms with van der Waals surface area (Å²) in [5, 5.41) is 4.44. The van der Waals surface area contributed by atoms with Gasteiger partial charge in [-0.3, -0.25) is 9.67 Å². The number of aromatic nitrogens is 3. The van der Waals surface area contributed by atoms with Gasteiger partial charge in [0.2, 0.25) is 0 Å². The molecular formula is C14H20N4. The Hall–Kier alpha value is -1.68. The van der Waals surface area contributed by atoms with Gasteiger partial charge in [0, 0.05) is 37.1 Å². The van der Waals surface area contributed by atoms with Crippen LogP contribution in [-0.4, -0.2) is 14.8 Å². The van der Waals surface area contributed by atoms with E-state index in [2.05, 4.69) is 23.1 Å². The first-order chi connectivity index (χ1) is 8.61. The predicted molar refractivity (Wildman–Crippen MR) is 72.2 cm³/mol. The monoisotopic (exact) mass is 244 g/mol. The van der Waals surface area contributed by atoms with Crippen LogP contribution in [0.5, 0.6) is 0 Å². The Morgan fingerprint density at radius 1 is 1.44 bits per heavy atom. The van der Waals surface area contributed by atoms with Crippen LogP contribution < -0.4 is 5.73 Å². The third-order valence-electron chi connectivity index (χ3n) is 3.27. The van der Waals surface area contributed by atoms with E-state index in [9.17, 15) is 0 Å². The molecule has 2 aromatic rings. The van der Waals surface area contributed by atoms with Gasteiger partial charge in [-0.15, -0.1) is 0 Å². The van der Waals surface area contributed by atoms with Gasteiger partial charge in [-0.1, -0.05) is 13.0 Å². The maximum absolute atomic E-state index is 6.27. The van der Waals surface area contributed by atoms with Gasteiger partial charge in [-0.25, -0.2) is 0 Å². The molecule has 2 N–H and O–H groups in total. The van der Waals surface area contributed by atoms with Crippen LogP contribution in [-0.2, 0) is 19.9 Å². The van der Waals surface area contributed by atoms with Crippen molar-refractivity contribution in [3.05, 3.63) is 47.0 Å². The molecule has 0 fully saturated rings. The molecule has 1 unspecified atom stereocenters. The van der Waals surface area contributed by atoms with Gasteiger partial charge in [0.1, 0.15) is 0 Å². The number of aryl methyl sites for hydroxylation is 3. The van der Waals surface area contributed by atoms with Gasteiger partial charge < -0.3 is 5.73 Å². The molecule has 0 aliphatic heterocycles. The highest BCUT2D eigenvalue weighted by Gasteiger charge is 2.13. The molecule has 0 spiro atoms. The molecule has 2 rings (SSSR count). The van der Waals surface area contributed by atoms with Crippen LogP contribution in [0.1, 0.15) is 35.6 Å². The lowest BCUT2D eigenvalue weighted by atomic mass is 10.0. The molecular weight excluding hydrogens is 224 g/mol. The zero-order valence-electron chi connectivity index (χ0n) is 11.2. The van der Waals surface area contributed by atoms with Crippen LogP contribution in [0.15, 0.2) is 24.4 Å². The van der Waals surface area contributed by atoms with Crippen LogP contribution >= 0.6 is 0 Å². The third kappa shape index (κ3) is 2.59. The summed E-state index contributed by atoms with van der Waals surface area (Å²) >= 11 is 0. The van der Waals surface area contributed by atoms with Crippen molar-refractivity contribution in [3.63, 3.8) is 0 Å². The van der Waals surface area contributed by atoms with Crippen LogP contribution in [0.25, 0.3) is 0 Å². The minimum atomic E-state index is -0.0289. The summed E-state index contributed by atoms with van der Waals surface area (Å²) in [5.41, 5.74) is 10.7. The molecule has 0 saturated carbocycles. The molecule has 2 aromatic heterocycles. The lowest BCUT2D eigenvalue weighted by Crippen LogP contribution is -2.16. The summed E-state index contributed by atoms with van der Waals surface area (Å²) in [5.74, 6) is 0. The Bertz CT molecular complexity index is 530. The number of nitrogens with zero attached hydrogens (tertiary/aromatic N) is 3. The zero-order valence-corrected chi connectivity index (χ0v) is 11.2. The van der Waals surface area contributed by atoms with Gasteiger partial charge >= 0.3 is 0 Å². The molecule has 1 atom stereocenters. The van der Waals surface area contributed by atoms with Crippen molar-refractivity contribution in [1.29, 1.82) is 0 Å². The van der Waals surface area contributed by atoms with E-state index in [1.165, 1.54) is 5.69 Å². The fourth-order valence-corrected chi connectivity index (χ4v) is 2.16. The van der Waals surface area contributed by atoms with E-state index < -0.39 is 0 Å². The molecule has 4 nitrogen and oxygen atoms in total. The summed E-state index contributed by atoms with van der Waals surface area (Å²) in [6.07, 6.45) is 3.54. The second kappa shape index (κ2) is 5.31. The highest BCUT2D eigenvalue weighted by Crippen LogP contribution is 2.18. The molecule has 0 aromatic carbocycles. The highest BCUT2D eigenvalue weighted by molar-refractivity contribution is 5.24. The molecule has 0 bridgehead atoms. The SMILES string of the molecule is CCc1cc(CC(N)c2cccnc2C)n(C)n1. The Morgan fingerprint density at radius 2 is 2.22 bits per heavy atom.